The van der Waals surface area contributed by atoms with Crippen molar-refractivity contribution < 1.29 is 9.53 Å². The molecule has 5 nitrogen and oxygen atoms in total. The van der Waals surface area contributed by atoms with Gasteiger partial charge in [-0.1, -0.05) is 30.0 Å². The van der Waals surface area contributed by atoms with Crippen LogP contribution in [-0.4, -0.2) is 34.3 Å². The van der Waals surface area contributed by atoms with E-state index in [1.807, 2.05) is 52.0 Å². The molecule has 0 fully saturated rings. The van der Waals surface area contributed by atoms with E-state index in [0.717, 1.165) is 16.7 Å². The number of hydrogen-bond donors (Lipinski definition) is 0. The second kappa shape index (κ2) is 9.58. The second-order valence-electron chi connectivity index (χ2n) is 7.59. The van der Waals surface area contributed by atoms with Crippen LogP contribution in [0.4, 0.5) is 0 Å². The van der Waals surface area contributed by atoms with Crippen molar-refractivity contribution in [3.05, 3.63) is 69.0 Å². The minimum Gasteiger partial charge on any atom is -0.385 e. The molecule has 0 radical (unpaired) electrons. The molecule has 0 saturated heterocycles. The van der Waals surface area contributed by atoms with Crippen LogP contribution >= 0.6 is 11.8 Å². The molecule has 0 aliphatic carbocycles. The number of aryl methyl sites for hydroxylation is 3. The van der Waals surface area contributed by atoms with Crippen LogP contribution in [0.2, 0.25) is 0 Å². The summed E-state index contributed by atoms with van der Waals surface area (Å²) < 4.78 is 6.81. The molecular weight excluding hydrogens is 396 g/mol. The molecule has 1 atom stereocenters. The van der Waals surface area contributed by atoms with Gasteiger partial charge in [-0.05, 0) is 69.0 Å². The van der Waals surface area contributed by atoms with Gasteiger partial charge in [0.05, 0.1) is 16.2 Å². The SMILES string of the molecule is COCCCn1c(SC(C)C(=O)c2cc(C)c(C)cc2C)nc2ccccc2c1=O. The highest BCUT2D eigenvalue weighted by Crippen LogP contribution is 2.27. The van der Waals surface area contributed by atoms with Crippen LogP contribution in [0.3, 0.4) is 0 Å². The summed E-state index contributed by atoms with van der Waals surface area (Å²) in [6, 6.07) is 11.3. The third-order valence-corrected chi connectivity index (χ3v) is 6.40. The van der Waals surface area contributed by atoms with Crippen molar-refractivity contribution in [2.24, 2.45) is 0 Å². The molecule has 0 amide bonds. The Kier molecular flexibility index (Phi) is 7.10. The first-order chi connectivity index (χ1) is 14.3. The van der Waals surface area contributed by atoms with Crippen LogP contribution in [-0.2, 0) is 11.3 Å². The first-order valence-corrected chi connectivity index (χ1v) is 11.0. The predicted octanol–water partition coefficient (Wildman–Crippen LogP) is 4.72. The van der Waals surface area contributed by atoms with Crippen LogP contribution in [0, 0.1) is 20.8 Å². The Labute approximate surface area is 181 Å². The molecule has 3 aromatic rings. The maximum absolute atomic E-state index is 13.2. The lowest BCUT2D eigenvalue weighted by atomic mass is 9.97. The van der Waals surface area contributed by atoms with E-state index in [1.54, 1.807) is 17.7 Å². The van der Waals surface area contributed by atoms with Crippen molar-refractivity contribution in [3.8, 4) is 0 Å². The average molecular weight is 425 g/mol. The molecule has 1 aromatic heterocycles. The standard InChI is InChI=1S/C24H28N2O3S/c1-15-13-17(3)20(14-16(15)2)22(27)18(4)30-24-25-21-10-7-6-9-19(21)23(28)26(24)11-8-12-29-5/h6-7,9-10,13-14,18H,8,11-12H2,1-5H3. The van der Waals surface area contributed by atoms with Gasteiger partial charge in [-0.15, -0.1) is 0 Å². The molecule has 30 heavy (non-hydrogen) atoms. The minimum absolute atomic E-state index is 0.0476. The van der Waals surface area contributed by atoms with Crippen LogP contribution in [0.5, 0.6) is 0 Å². The van der Waals surface area contributed by atoms with E-state index in [4.69, 9.17) is 9.72 Å². The summed E-state index contributed by atoms with van der Waals surface area (Å²) in [6.07, 6.45) is 0.697. The van der Waals surface area contributed by atoms with Gasteiger partial charge in [0.15, 0.2) is 10.9 Å². The van der Waals surface area contributed by atoms with Crippen molar-refractivity contribution in [1.29, 1.82) is 0 Å². The monoisotopic (exact) mass is 424 g/mol. The molecule has 0 aliphatic heterocycles. The quantitative estimate of drug-likeness (QED) is 0.227. The summed E-state index contributed by atoms with van der Waals surface area (Å²) in [6.45, 7) is 8.96. The lowest BCUT2D eigenvalue weighted by Crippen LogP contribution is -2.25. The Morgan fingerprint density at radius 3 is 2.57 bits per heavy atom. The number of methoxy groups -OCH3 is 1. The summed E-state index contributed by atoms with van der Waals surface area (Å²) in [5.41, 5.74) is 4.54. The van der Waals surface area contributed by atoms with Crippen LogP contribution in [0.25, 0.3) is 10.9 Å². The average Bonchev–Trinajstić information content (AvgIpc) is 2.72. The Morgan fingerprint density at radius 1 is 1.13 bits per heavy atom. The van der Waals surface area contributed by atoms with Crippen LogP contribution in [0.15, 0.2) is 46.3 Å². The number of thioether (sulfide) groups is 1. The van der Waals surface area contributed by atoms with Gasteiger partial charge in [0.2, 0.25) is 0 Å². The molecule has 1 unspecified atom stereocenters. The fourth-order valence-electron chi connectivity index (χ4n) is 3.46. The number of carbonyl (C=O) groups is 1. The molecule has 0 N–H and O–H groups in total. The zero-order chi connectivity index (χ0) is 21.8. The second-order valence-corrected chi connectivity index (χ2v) is 8.90. The Morgan fingerprint density at radius 2 is 1.83 bits per heavy atom. The number of Topliss-reactive ketones (excluding diaryl/α,β-unsaturated/α-hetero) is 1. The van der Waals surface area contributed by atoms with E-state index in [9.17, 15) is 9.59 Å². The van der Waals surface area contributed by atoms with Crippen LogP contribution < -0.4 is 5.56 Å². The van der Waals surface area contributed by atoms with E-state index < -0.39 is 0 Å². The number of ketones is 1. The summed E-state index contributed by atoms with van der Waals surface area (Å²) in [5, 5.41) is 0.785. The lowest BCUT2D eigenvalue weighted by Gasteiger charge is -2.17. The van der Waals surface area contributed by atoms with Crippen molar-refractivity contribution in [2.75, 3.05) is 13.7 Å². The molecule has 158 valence electrons. The molecule has 3 rings (SSSR count). The summed E-state index contributed by atoms with van der Waals surface area (Å²) in [7, 11) is 1.64. The summed E-state index contributed by atoms with van der Waals surface area (Å²) >= 11 is 1.34. The molecule has 0 aliphatic rings. The number of carbonyl (C=O) groups excluding carboxylic acids is 1. The number of para-hydroxylation sites is 1. The fraction of sp³-hybridized carbons (Fsp3) is 0.375. The van der Waals surface area contributed by atoms with Gasteiger partial charge in [-0.3, -0.25) is 14.2 Å². The van der Waals surface area contributed by atoms with E-state index >= 15 is 0 Å². The van der Waals surface area contributed by atoms with Crippen molar-refractivity contribution in [1.82, 2.24) is 9.55 Å². The highest BCUT2D eigenvalue weighted by molar-refractivity contribution is 8.00. The maximum Gasteiger partial charge on any atom is 0.262 e. The van der Waals surface area contributed by atoms with Gasteiger partial charge in [0.1, 0.15) is 0 Å². The van der Waals surface area contributed by atoms with Crippen molar-refractivity contribution in [3.63, 3.8) is 0 Å². The Bertz CT molecular complexity index is 1140. The first kappa shape index (κ1) is 22.2. The van der Waals surface area contributed by atoms with Gasteiger partial charge < -0.3 is 4.74 Å². The van der Waals surface area contributed by atoms with Gasteiger partial charge >= 0.3 is 0 Å². The third-order valence-electron chi connectivity index (χ3n) is 5.31. The maximum atomic E-state index is 13.2. The van der Waals surface area contributed by atoms with Gasteiger partial charge in [-0.25, -0.2) is 4.98 Å². The number of hydrogen-bond acceptors (Lipinski definition) is 5. The van der Waals surface area contributed by atoms with Gasteiger partial charge in [0, 0.05) is 25.8 Å². The largest absolute Gasteiger partial charge is 0.385 e. The zero-order valence-corrected chi connectivity index (χ0v) is 19.0. The number of nitrogens with zero attached hydrogens (tertiary/aromatic N) is 2. The molecular formula is C24H28N2O3S. The highest BCUT2D eigenvalue weighted by Gasteiger charge is 2.22. The van der Waals surface area contributed by atoms with Crippen LogP contribution in [0.1, 0.15) is 40.4 Å². The number of aromatic nitrogens is 2. The number of rotatable bonds is 8. The summed E-state index contributed by atoms with van der Waals surface area (Å²) in [4.78, 5) is 31.0. The smallest absolute Gasteiger partial charge is 0.262 e. The highest BCUT2D eigenvalue weighted by atomic mass is 32.2. The topological polar surface area (TPSA) is 61.2 Å². The van der Waals surface area contributed by atoms with E-state index in [0.29, 0.717) is 35.6 Å². The predicted molar refractivity (Wildman–Crippen MR) is 123 cm³/mol. The number of benzene rings is 2. The lowest BCUT2D eigenvalue weighted by molar-refractivity contribution is 0.0993. The number of ether oxygens (including phenoxy) is 1. The zero-order valence-electron chi connectivity index (χ0n) is 18.2. The normalized spacial score (nSPS) is 12.3. The van der Waals surface area contributed by atoms with E-state index in [-0.39, 0.29) is 16.6 Å². The Hall–Kier alpha value is -2.44. The molecule has 0 spiro atoms. The molecule has 6 heteroatoms. The molecule has 1 heterocycles. The van der Waals surface area contributed by atoms with E-state index in [2.05, 4.69) is 6.07 Å². The van der Waals surface area contributed by atoms with Gasteiger partial charge in [0.25, 0.3) is 5.56 Å². The van der Waals surface area contributed by atoms with Crippen molar-refractivity contribution in [2.45, 2.75) is 51.1 Å². The fourth-order valence-corrected chi connectivity index (χ4v) is 4.46. The molecule has 0 saturated carbocycles. The number of fused-ring (bicyclic) bond motifs is 1. The molecule has 0 bridgehead atoms. The minimum atomic E-state index is -0.368. The van der Waals surface area contributed by atoms with Gasteiger partial charge in [-0.2, -0.15) is 0 Å². The summed E-state index contributed by atoms with van der Waals surface area (Å²) in [5.74, 6) is 0.0476. The Balaban J connectivity index is 1.97. The van der Waals surface area contributed by atoms with Crippen molar-refractivity contribution >= 4 is 28.4 Å². The molecule has 2 aromatic carbocycles. The first-order valence-electron chi connectivity index (χ1n) is 10.1. The van der Waals surface area contributed by atoms with E-state index in [1.165, 1.54) is 17.3 Å². The third kappa shape index (κ3) is 4.65.